The van der Waals surface area contributed by atoms with Gasteiger partial charge in [0.25, 0.3) is 11.8 Å². The summed E-state index contributed by atoms with van der Waals surface area (Å²) in [4.78, 5) is 23.8. The number of hydrazine groups is 1. The summed E-state index contributed by atoms with van der Waals surface area (Å²) in [6, 6.07) is 11.0. The van der Waals surface area contributed by atoms with E-state index in [0.717, 1.165) is 20.1 Å². The van der Waals surface area contributed by atoms with Gasteiger partial charge in [-0.1, -0.05) is 28.1 Å². The van der Waals surface area contributed by atoms with Gasteiger partial charge in [-0.05, 0) is 77.4 Å². The van der Waals surface area contributed by atoms with Crippen LogP contribution < -0.4 is 25.6 Å². The van der Waals surface area contributed by atoms with Crippen LogP contribution in [0.3, 0.4) is 0 Å². The Balaban J connectivity index is 1.70. The molecule has 2 aromatic carbocycles. The van der Waals surface area contributed by atoms with Gasteiger partial charge in [-0.2, -0.15) is 0 Å². The maximum absolute atomic E-state index is 12.0. The Kier molecular flexibility index (Phi) is 8.87. The molecule has 0 atom stereocenters. The van der Waals surface area contributed by atoms with Crippen LogP contribution in [0.15, 0.2) is 45.3 Å². The van der Waals surface area contributed by atoms with Crippen LogP contribution in [-0.2, 0) is 9.59 Å². The zero-order chi connectivity index (χ0) is 21.4. The lowest BCUT2D eigenvalue weighted by Gasteiger charge is -2.13. The highest BCUT2D eigenvalue weighted by Gasteiger charge is 2.11. The number of hydrogen-bond acceptors (Lipinski definition) is 5. The largest absolute Gasteiger partial charge is 0.484 e. The predicted octanol–water partition coefficient (Wildman–Crippen LogP) is 3.31. The van der Waals surface area contributed by atoms with E-state index in [9.17, 15) is 9.59 Å². The van der Waals surface area contributed by atoms with Gasteiger partial charge in [0.15, 0.2) is 18.3 Å². The summed E-state index contributed by atoms with van der Waals surface area (Å²) in [5.74, 6) is 0.224. The second kappa shape index (κ2) is 11.1. The molecule has 2 aromatic rings. The van der Waals surface area contributed by atoms with Crippen molar-refractivity contribution in [3.63, 3.8) is 0 Å². The molecule has 0 aliphatic heterocycles. The van der Waals surface area contributed by atoms with Crippen LogP contribution in [0.2, 0.25) is 0 Å². The average molecular weight is 545 g/mol. The summed E-state index contributed by atoms with van der Waals surface area (Å²) in [7, 11) is 0. The van der Waals surface area contributed by atoms with Crippen LogP contribution in [0, 0.1) is 13.8 Å². The van der Waals surface area contributed by atoms with E-state index in [1.165, 1.54) is 0 Å². The Bertz CT molecular complexity index is 901. The number of amides is 2. The molecule has 0 unspecified atom stereocenters. The summed E-state index contributed by atoms with van der Waals surface area (Å²) < 4.78 is 12.5. The Morgan fingerprint density at radius 1 is 1.00 bits per heavy atom. The van der Waals surface area contributed by atoms with Gasteiger partial charge in [-0.15, -0.1) is 0 Å². The fourth-order valence-corrected chi connectivity index (χ4v) is 3.94. The maximum Gasteiger partial charge on any atom is 0.276 e. The lowest BCUT2D eigenvalue weighted by atomic mass is 10.2. The fraction of sp³-hybridized carbons (Fsp3) is 0.211. The van der Waals surface area contributed by atoms with Crippen LogP contribution in [0.5, 0.6) is 11.5 Å². The van der Waals surface area contributed by atoms with Crippen LogP contribution >= 0.6 is 44.1 Å². The molecule has 10 heteroatoms. The molecule has 7 nitrogen and oxygen atoms in total. The molecular formula is C19H19Br2N3O4S. The third-order valence-electron chi connectivity index (χ3n) is 3.47. The summed E-state index contributed by atoms with van der Waals surface area (Å²) in [5.41, 5.74) is 6.67. The Morgan fingerprint density at radius 2 is 1.72 bits per heavy atom. The van der Waals surface area contributed by atoms with Gasteiger partial charge in [-0.3, -0.25) is 25.8 Å². The number of rotatable bonds is 6. The molecule has 0 aromatic heterocycles. The molecule has 154 valence electrons. The third kappa shape index (κ3) is 8.00. The summed E-state index contributed by atoms with van der Waals surface area (Å²) in [5, 5.41) is 2.35. The number of benzene rings is 2. The number of hydrogen-bond donors (Lipinski definition) is 3. The van der Waals surface area contributed by atoms with Crippen molar-refractivity contribution in [2.75, 3.05) is 13.2 Å². The van der Waals surface area contributed by atoms with E-state index in [4.69, 9.17) is 21.7 Å². The minimum Gasteiger partial charge on any atom is -0.484 e. The van der Waals surface area contributed by atoms with Gasteiger partial charge >= 0.3 is 0 Å². The van der Waals surface area contributed by atoms with E-state index < -0.39 is 11.8 Å². The Morgan fingerprint density at radius 3 is 2.41 bits per heavy atom. The number of aryl methyl sites for hydroxylation is 2. The van der Waals surface area contributed by atoms with Gasteiger partial charge in [-0.25, -0.2) is 0 Å². The number of carbonyl (C=O) groups excluding carboxylic acids is 2. The molecule has 0 aliphatic carbocycles. The van der Waals surface area contributed by atoms with E-state index in [1.54, 1.807) is 6.07 Å². The smallest absolute Gasteiger partial charge is 0.276 e. The summed E-state index contributed by atoms with van der Waals surface area (Å²) >= 11 is 11.7. The molecule has 0 saturated heterocycles. The van der Waals surface area contributed by atoms with Crippen molar-refractivity contribution >= 4 is 61.0 Å². The Labute approximate surface area is 190 Å². The quantitative estimate of drug-likeness (QED) is 0.382. The van der Waals surface area contributed by atoms with E-state index >= 15 is 0 Å². The molecule has 0 radical (unpaired) electrons. The standard InChI is InChI=1S/C19H19Br2N3O4S/c1-11-4-3-5-14(6-11)27-10-17(26)23-24-19(29)22-16(25)9-28-18-12(2)7-13(20)8-15(18)21/h3-8H,9-10H2,1-2H3,(H,23,26)(H2,22,24,25,29). The SMILES string of the molecule is Cc1cccc(OCC(=O)NNC(=S)NC(=O)COc2c(C)cc(Br)cc2Br)c1. The van der Waals surface area contributed by atoms with Gasteiger partial charge in [0.05, 0.1) is 4.47 Å². The lowest BCUT2D eigenvalue weighted by molar-refractivity contribution is -0.124. The number of halogens is 2. The molecule has 29 heavy (non-hydrogen) atoms. The number of carbonyl (C=O) groups is 2. The first-order valence-corrected chi connectivity index (χ1v) is 10.4. The molecule has 2 rings (SSSR count). The second-order valence-corrected chi connectivity index (χ2v) is 8.16. The normalized spacial score (nSPS) is 10.1. The predicted molar refractivity (Wildman–Crippen MR) is 121 cm³/mol. The van der Waals surface area contributed by atoms with Crippen LogP contribution in [-0.4, -0.2) is 30.1 Å². The highest BCUT2D eigenvalue weighted by molar-refractivity contribution is 9.11. The van der Waals surface area contributed by atoms with Gasteiger partial charge in [0, 0.05) is 4.47 Å². The molecule has 0 heterocycles. The topological polar surface area (TPSA) is 88.7 Å². The lowest BCUT2D eigenvalue weighted by Crippen LogP contribution is -2.50. The van der Waals surface area contributed by atoms with E-state index in [2.05, 4.69) is 48.0 Å². The molecule has 0 spiro atoms. The number of thiocarbonyl (C=S) groups is 1. The average Bonchev–Trinajstić information content (AvgIpc) is 2.64. The third-order valence-corrected chi connectivity index (χ3v) is 4.72. The van der Waals surface area contributed by atoms with Crippen molar-refractivity contribution < 1.29 is 19.1 Å². The van der Waals surface area contributed by atoms with Crippen molar-refractivity contribution in [1.29, 1.82) is 0 Å². The van der Waals surface area contributed by atoms with Crippen LogP contribution in [0.1, 0.15) is 11.1 Å². The van der Waals surface area contributed by atoms with Crippen molar-refractivity contribution in [1.82, 2.24) is 16.2 Å². The first kappa shape index (κ1) is 23.1. The molecule has 0 saturated carbocycles. The zero-order valence-electron chi connectivity index (χ0n) is 15.7. The van der Waals surface area contributed by atoms with E-state index in [-0.39, 0.29) is 18.3 Å². The fourth-order valence-electron chi connectivity index (χ4n) is 2.22. The van der Waals surface area contributed by atoms with E-state index in [0.29, 0.717) is 11.5 Å². The molecule has 3 N–H and O–H groups in total. The van der Waals surface area contributed by atoms with Crippen LogP contribution in [0.4, 0.5) is 0 Å². The minimum atomic E-state index is -0.470. The van der Waals surface area contributed by atoms with Crippen molar-refractivity contribution in [2.24, 2.45) is 0 Å². The monoisotopic (exact) mass is 543 g/mol. The highest BCUT2D eigenvalue weighted by Crippen LogP contribution is 2.32. The van der Waals surface area contributed by atoms with Gasteiger partial charge in [0.2, 0.25) is 0 Å². The highest BCUT2D eigenvalue weighted by atomic mass is 79.9. The first-order valence-electron chi connectivity index (χ1n) is 8.41. The second-order valence-electron chi connectivity index (χ2n) is 5.98. The van der Waals surface area contributed by atoms with Crippen LogP contribution in [0.25, 0.3) is 0 Å². The minimum absolute atomic E-state index is 0.0610. The van der Waals surface area contributed by atoms with Crippen molar-refractivity contribution in [2.45, 2.75) is 13.8 Å². The summed E-state index contributed by atoms with van der Waals surface area (Å²) in [6.45, 7) is 3.35. The summed E-state index contributed by atoms with van der Waals surface area (Å²) in [6.07, 6.45) is 0. The number of nitrogens with one attached hydrogen (secondary N) is 3. The first-order chi connectivity index (χ1) is 13.7. The van der Waals surface area contributed by atoms with E-state index in [1.807, 2.05) is 44.2 Å². The molecule has 2 amide bonds. The molecule has 0 aliphatic rings. The van der Waals surface area contributed by atoms with Crippen molar-refractivity contribution in [3.05, 3.63) is 56.5 Å². The number of ether oxygens (including phenoxy) is 2. The maximum atomic E-state index is 12.0. The molecule has 0 bridgehead atoms. The Hall–Kier alpha value is -2.17. The molecular weight excluding hydrogens is 526 g/mol. The van der Waals surface area contributed by atoms with Crippen molar-refractivity contribution in [3.8, 4) is 11.5 Å². The van der Waals surface area contributed by atoms with Gasteiger partial charge in [0.1, 0.15) is 11.5 Å². The zero-order valence-corrected chi connectivity index (χ0v) is 19.7. The van der Waals surface area contributed by atoms with Gasteiger partial charge < -0.3 is 9.47 Å². The molecule has 0 fully saturated rings.